The second-order valence-corrected chi connectivity index (χ2v) is 4.41. The first-order chi connectivity index (χ1) is 8.83. The van der Waals surface area contributed by atoms with Crippen LogP contribution in [0.5, 0.6) is 11.5 Å². The van der Waals surface area contributed by atoms with Crippen LogP contribution < -0.4 is 15.2 Å². The Hall–Kier alpha value is -2.00. The minimum absolute atomic E-state index is 0.00608. The molecule has 1 atom stereocenters. The first kappa shape index (κ1) is 11.1. The van der Waals surface area contributed by atoms with E-state index in [1.165, 1.54) is 0 Å². The van der Waals surface area contributed by atoms with E-state index < -0.39 is 0 Å². The van der Waals surface area contributed by atoms with Gasteiger partial charge in [-0.05, 0) is 29.7 Å². The number of rotatable bonds is 3. The van der Waals surface area contributed by atoms with Crippen molar-refractivity contribution in [3.8, 4) is 11.5 Å². The zero-order chi connectivity index (χ0) is 12.4. The SMILES string of the molecule is NC(Cc1ccc2c(c1)OCO2)c1ccccc1. The van der Waals surface area contributed by atoms with Crippen LogP contribution in [0.2, 0.25) is 0 Å². The molecule has 92 valence electrons. The number of benzene rings is 2. The maximum Gasteiger partial charge on any atom is 0.231 e. The monoisotopic (exact) mass is 241 g/mol. The van der Waals surface area contributed by atoms with Gasteiger partial charge in [0.05, 0.1) is 0 Å². The van der Waals surface area contributed by atoms with Gasteiger partial charge in [-0.1, -0.05) is 36.4 Å². The summed E-state index contributed by atoms with van der Waals surface area (Å²) < 4.78 is 10.7. The zero-order valence-corrected chi connectivity index (χ0v) is 10.0. The fourth-order valence-electron chi connectivity index (χ4n) is 2.14. The van der Waals surface area contributed by atoms with Gasteiger partial charge < -0.3 is 15.2 Å². The average molecular weight is 241 g/mol. The highest BCUT2D eigenvalue weighted by molar-refractivity contribution is 5.44. The Labute approximate surface area is 106 Å². The van der Waals surface area contributed by atoms with Crippen molar-refractivity contribution in [3.05, 3.63) is 59.7 Å². The van der Waals surface area contributed by atoms with Gasteiger partial charge in [-0.2, -0.15) is 0 Å². The molecule has 0 aromatic heterocycles. The maximum absolute atomic E-state index is 6.20. The first-order valence-corrected chi connectivity index (χ1v) is 6.02. The average Bonchev–Trinajstić information content (AvgIpc) is 2.87. The van der Waals surface area contributed by atoms with E-state index in [0.29, 0.717) is 6.79 Å². The Kier molecular flexibility index (Phi) is 2.90. The summed E-state index contributed by atoms with van der Waals surface area (Å²) in [5.74, 6) is 1.62. The molecule has 1 aliphatic heterocycles. The molecule has 2 aromatic carbocycles. The van der Waals surface area contributed by atoms with Crippen molar-refractivity contribution in [1.29, 1.82) is 0 Å². The molecule has 2 aromatic rings. The zero-order valence-electron chi connectivity index (χ0n) is 10.0. The summed E-state index contributed by atoms with van der Waals surface area (Å²) >= 11 is 0. The molecule has 0 spiro atoms. The molecule has 0 bridgehead atoms. The molecular formula is C15H15NO2. The second-order valence-electron chi connectivity index (χ2n) is 4.41. The Bertz CT molecular complexity index is 539. The predicted octanol–water partition coefficient (Wildman–Crippen LogP) is 2.66. The molecule has 1 unspecified atom stereocenters. The number of hydrogen-bond acceptors (Lipinski definition) is 3. The summed E-state index contributed by atoms with van der Waals surface area (Å²) in [6.45, 7) is 0.309. The van der Waals surface area contributed by atoms with E-state index in [1.807, 2.05) is 36.4 Å². The highest BCUT2D eigenvalue weighted by atomic mass is 16.7. The van der Waals surface area contributed by atoms with Crippen LogP contribution in [0, 0.1) is 0 Å². The molecule has 3 heteroatoms. The standard InChI is InChI=1S/C15H15NO2/c16-13(12-4-2-1-3-5-12)8-11-6-7-14-15(9-11)18-10-17-14/h1-7,9,13H,8,10,16H2. The van der Waals surface area contributed by atoms with Gasteiger partial charge in [0.15, 0.2) is 11.5 Å². The van der Waals surface area contributed by atoms with E-state index in [4.69, 9.17) is 15.2 Å². The molecule has 0 saturated heterocycles. The molecule has 1 aliphatic rings. The minimum Gasteiger partial charge on any atom is -0.454 e. The lowest BCUT2D eigenvalue weighted by atomic mass is 9.99. The van der Waals surface area contributed by atoms with E-state index in [1.54, 1.807) is 0 Å². The predicted molar refractivity (Wildman–Crippen MR) is 69.6 cm³/mol. The molecule has 3 rings (SSSR count). The van der Waals surface area contributed by atoms with E-state index in [-0.39, 0.29) is 6.04 Å². The molecule has 1 heterocycles. The van der Waals surface area contributed by atoms with Crippen molar-refractivity contribution in [2.24, 2.45) is 5.73 Å². The third-order valence-corrected chi connectivity index (χ3v) is 3.12. The molecule has 0 aliphatic carbocycles. The molecule has 0 saturated carbocycles. The molecule has 3 nitrogen and oxygen atoms in total. The second kappa shape index (κ2) is 4.70. The van der Waals surface area contributed by atoms with Gasteiger partial charge in [0.25, 0.3) is 0 Å². The van der Waals surface area contributed by atoms with E-state index in [9.17, 15) is 0 Å². The summed E-state index contributed by atoms with van der Waals surface area (Å²) in [5.41, 5.74) is 8.51. The number of hydrogen-bond donors (Lipinski definition) is 1. The summed E-state index contributed by atoms with van der Waals surface area (Å²) in [6, 6.07) is 16.1. The Morgan fingerprint density at radius 3 is 2.61 bits per heavy atom. The third-order valence-electron chi connectivity index (χ3n) is 3.12. The molecule has 0 fully saturated rings. The topological polar surface area (TPSA) is 44.5 Å². The molecule has 0 amide bonds. The van der Waals surface area contributed by atoms with Crippen LogP contribution in [0.3, 0.4) is 0 Å². The van der Waals surface area contributed by atoms with Crippen LogP contribution in [-0.4, -0.2) is 6.79 Å². The lowest BCUT2D eigenvalue weighted by Gasteiger charge is -2.12. The quantitative estimate of drug-likeness (QED) is 0.898. The number of nitrogens with two attached hydrogens (primary N) is 1. The highest BCUT2D eigenvalue weighted by Gasteiger charge is 2.14. The summed E-state index contributed by atoms with van der Waals surface area (Å²) in [4.78, 5) is 0. The normalized spacial score (nSPS) is 14.5. The summed E-state index contributed by atoms with van der Waals surface area (Å²) in [5, 5.41) is 0. The third kappa shape index (κ3) is 2.17. The van der Waals surface area contributed by atoms with E-state index in [0.717, 1.165) is 29.0 Å². The first-order valence-electron chi connectivity index (χ1n) is 6.02. The summed E-state index contributed by atoms with van der Waals surface area (Å²) in [6.07, 6.45) is 0.792. The number of ether oxygens (including phenoxy) is 2. The van der Waals surface area contributed by atoms with Gasteiger partial charge in [-0.3, -0.25) is 0 Å². The Morgan fingerprint density at radius 1 is 1.00 bits per heavy atom. The van der Waals surface area contributed by atoms with Gasteiger partial charge in [-0.25, -0.2) is 0 Å². The van der Waals surface area contributed by atoms with Crippen molar-refractivity contribution < 1.29 is 9.47 Å². The highest BCUT2D eigenvalue weighted by Crippen LogP contribution is 2.33. The minimum atomic E-state index is 0.00608. The lowest BCUT2D eigenvalue weighted by Crippen LogP contribution is -2.13. The van der Waals surface area contributed by atoms with Crippen LogP contribution in [0.15, 0.2) is 48.5 Å². The Morgan fingerprint density at radius 2 is 1.78 bits per heavy atom. The van der Waals surface area contributed by atoms with Crippen LogP contribution in [0.4, 0.5) is 0 Å². The molecule has 0 radical (unpaired) electrons. The van der Waals surface area contributed by atoms with Gasteiger partial charge in [0.2, 0.25) is 6.79 Å². The summed E-state index contributed by atoms with van der Waals surface area (Å²) in [7, 11) is 0. The van der Waals surface area contributed by atoms with Gasteiger partial charge in [0.1, 0.15) is 0 Å². The largest absolute Gasteiger partial charge is 0.454 e. The van der Waals surface area contributed by atoms with Gasteiger partial charge in [0, 0.05) is 6.04 Å². The van der Waals surface area contributed by atoms with Gasteiger partial charge >= 0.3 is 0 Å². The van der Waals surface area contributed by atoms with Crippen molar-refractivity contribution in [2.75, 3.05) is 6.79 Å². The van der Waals surface area contributed by atoms with Crippen LogP contribution in [0.1, 0.15) is 17.2 Å². The van der Waals surface area contributed by atoms with Crippen LogP contribution in [-0.2, 0) is 6.42 Å². The fraction of sp³-hybridized carbons (Fsp3) is 0.200. The van der Waals surface area contributed by atoms with Gasteiger partial charge in [-0.15, -0.1) is 0 Å². The maximum atomic E-state index is 6.20. The van der Waals surface area contributed by atoms with Crippen LogP contribution >= 0.6 is 0 Å². The molecule has 2 N–H and O–H groups in total. The van der Waals surface area contributed by atoms with E-state index >= 15 is 0 Å². The lowest BCUT2D eigenvalue weighted by molar-refractivity contribution is 0.174. The fourth-order valence-corrected chi connectivity index (χ4v) is 2.14. The number of fused-ring (bicyclic) bond motifs is 1. The molecule has 18 heavy (non-hydrogen) atoms. The van der Waals surface area contributed by atoms with Crippen LogP contribution in [0.25, 0.3) is 0 Å². The van der Waals surface area contributed by atoms with E-state index in [2.05, 4.69) is 12.1 Å². The van der Waals surface area contributed by atoms with Crippen molar-refractivity contribution in [3.63, 3.8) is 0 Å². The molecular weight excluding hydrogens is 226 g/mol. The van der Waals surface area contributed by atoms with Crippen molar-refractivity contribution in [2.45, 2.75) is 12.5 Å². The smallest absolute Gasteiger partial charge is 0.231 e. The Balaban J connectivity index is 1.77. The van der Waals surface area contributed by atoms with Crippen molar-refractivity contribution in [1.82, 2.24) is 0 Å². The van der Waals surface area contributed by atoms with Crippen molar-refractivity contribution >= 4 is 0 Å².